The molecule has 0 aromatic carbocycles. The molecule has 2 rings (SSSR count). The Kier molecular flexibility index (Phi) is 3.60. The summed E-state index contributed by atoms with van der Waals surface area (Å²) in [6.07, 6.45) is -2.69. The first kappa shape index (κ1) is 12.9. The number of nitrogen functional groups attached to an aromatic ring is 1. The lowest BCUT2D eigenvalue weighted by molar-refractivity contribution is -0.141. The summed E-state index contributed by atoms with van der Waals surface area (Å²) >= 11 is 0. The van der Waals surface area contributed by atoms with Gasteiger partial charge in [0.05, 0.1) is 25.1 Å². The largest absolute Gasteiger partial charge is 0.491 e. The number of alkyl halides is 3. The van der Waals surface area contributed by atoms with Crippen LogP contribution in [0.5, 0.6) is 5.75 Å². The molecule has 1 atom stereocenters. The van der Waals surface area contributed by atoms with Crippen LogP contribution in [0.3, 0.4) is 0 Å². The third-order valence-corrected chi connectivity index (χ3v) is 2.68. The second-order valence-electron chi connectivity index (χ2n) is 4.15. The maximum absolute atomic E-state index is 12.5. The number of rotatable bonds is 3. The van der Waals surface area contributed by atoms with E-state index in [4.69, 9.17) is 15.2 Å². The molecule has 1 saturated heterocycles. The average Bonchev–Trinajstić information content (AvgIpc) is 2.79. The number of hydrogen-bond donors (Lipinski definition) is 1. The van der Waals surface area contributed by atoms with Crippen LogP contribution in [0, 0.1) is 5.92 Å². The summed E-state index contributed by atoms with van der Waals surface area (Å²) in [6, 6.07) is 0.825. The van der Waals surface area contributed by atoms with Crippen molar-refractivity contribution in [2.45, 2.75) is 12.6 Å². The molecule has 1 aliphatic rings. The summed E-state index contributed by atoms with van der Waals surface area (Å²) in [7, 11) is 0. The van der Waals surface area contributed by atoms with Crippen molar-refractivity contribution in [3.8, 4) is 5.75 Å². The Morgan fingerprint density at radius 2 is 2.28 bits per heavy atom. The first-order valence-corrected chi connectivity index (χ1v) is 5.50. The summed E-state index contributed by atoms with van der Waals surface area (Å²) in [4.78, 5) is 3.24. The van der Waals surface area contributed by atoms with Crippen molar-refractivity contribution >= 4 is 5.69 Å². The van der Waals surface area contributed by atoms with Gasteiger partial charge in [-0.3, -0.25) is 0 Å². The van der Waals surface area contributed by atoms with Gasteiger partial charge in [-0.15, -0.1) is 0 Å². The van der Waals surface area contributed by atoms with Gasteiger partial charge < -0.3 is 15.2 Å². The highest BCUT2D eigenvalue weighted by atomic mass is 19.4. The summed E-state index contributed by atoms with van der Waals surface area (Å²) in [6.45, 7) is 1.52. The van der Waals surface area contributed by atoms with Gasteiger partial charge in [-0.05, 0) is 6.42 Å². The molecule has 1 unspecified atom stereocenters. The standard InChI is InChI=1S/C11H13F3N2O2/c12-11(13,14)10-3-9(8(15)4-16-10)18-6-7-1-2-17-5-7/h3-4,7H,1-2,5-6,15H2. The molecule has 0 bridgehead atoms. The number of anilines is 1. The third kappa shape index (κ3) is 3.04. The van der Waals surface area contributed by atoms with Crippen LogP contribution in [0.15, 0.2) is 12.3 Å². The van der Waals surface area contributed by atoms with Crippen molar-refractivity contribution in [3.05, 3.63) is 18.0 Å². The van der Waals surface area contributed by atoms with Crippen molar-refractivity contribution in [2.75, 3.05) is 25.6 Å². The van der Waals surface area contributed by atoms with Crippen LogP contribution in [0.4, 0.5) is 18.9 Å². The van der Waals surface area contributed by atoms with Crippen LogP contribution in [0.2, 0.25) is 0 Å². The van der Waals surface area contributed by atoms with Crippen molar-refractivity contribution in [1.29, 1.82) is 0 Å². The van der Waals surface area contributed by atoms with Crippen molar-refractivity contribution < 1.29 is 22.6 Å². The first-order valence-electron chi connectivity index (χ1n) is 5.50. The van der Waals surface area contributed by atoms with E-state index in [1.165, 1.54) is 0 Å². The molecule has 4 nitrogen and oxygen atoms in total. The molecule has 0 amide bonds. The Morgan fingerprint density at radius 1 is 1.50 bits per heavy atom. The van der Waals surface area contributed by atoms with Gasteiger partial charge in [0, 0.05) is 18.6 Å². The number of nitrogens with two attached hydrogens (primary N) is 1. The predicted octanol–water partition coefficient (Wildman–Crippen LogP) is 2.10. The smallest absolute Gasteiger partial charge is 0.433 e. The molecule has 7 heteroatoms. The Labute approximate surface area is 102 Å². The van der Waals surface area contributed by atoms with Crippen molar-refractivity contribution in [2.24, 2.45) is 5.92 Å². The Balaban J connectivity index is 2.06. The van der Waals surface area contributed by atoms with Gasteiger partial charge in [0.2, 0.25) is 0 Å². The molecule has 1 aromatic rings. The van der Waals surface area contributed by atoms with E-state index in [2.05, 4.69) is 4.98 Å². The number of halogens is 3. The molecular weight excluding hydrogens is 249 g/mol. The van der Waals surface area contributed by atoms with Crippen LogP contribution in [-0.4, -0.2) is 24.8 Å². The molecule has 0 spiro atoms. The van der Waals surface area contributed by atoms with E-state index in [9.17, 15) is 13.2 Å². The molecule has 0 radical (unpaired) electrons. The maximum atomic E-state index is 12.5. The molecule has 100 valence electrons. The SMILES string of the molecule is Nc1cnc(C(F)(F)F)cc1OCC1CCOC1. The third-order valence-electron chi connectivity index (χ3n) is 2.68. The summed E-state index contributed by atoms with van der Waals surface area (Å²) in [5.41, 5.74) is 4.63. The summed E-state index contributed by atoms with van der Waals surface area (Å²) in [5, 5.41) is 0. The van der Waals surface area contributed by atoms with Gasteiger partial charge in [0.25, 0.3) is 0 Å². The minimum Gasteiger partial charge on any atom is -0.491 e. The molecule has 18 heavy (non-hydrogen) atoms. The lowest BCUT2D eigenvalue weighted by atomic mass is 10.1. The highest BCUT2D eigenvalue weighted by Crippen LogP contribution is 2.32. The number of pyridine rings is 1. The van der Waals surface area contributed by atoms with Gasteiger partial charge in [-0.25, -0.2) is 4.98 Å². The van der Waals surface area contributed by atoms with Gasteiger partial charge in [-0.2, -0.15) is 13.2 Å². The van der Waals surface area contributed by atoms with E-state index in [1.54, 1.807) is 0 Å². The molecule has 0 saturated carbocycles. The zero-order valence-corrected chi connectivity index (χ0v) is 9.54. The number of ether oxygens (including phenoxy) is 2. The van der Waals surface area contributed by atoms with Crippen LogP contribution in [-0.2, 0) is 10.9 Å². The highest BCUT2D eigenvalue weighted by Gasteiger charge is 2.33. The van der Waals surface area contributed by atoms with Crippen LogP contribution in [0.25, 0.3) is 0 Å². The Hall–Kier alpha value is -1.50. The van der Waals surface area contributed by atoms with E-state index in [-0.39, 0.29) is 17.4 Å². The fourth-order valence-electron chi connectivity index (χ4n) is 1.65. The molecule has 2 heterocycles. The minimum atomic E-state index is -4.50. The molecule has 1 fully saturated rings. The average molecular weight is 262 g/mol. The number of nitrogens with zero attached hydrogens (tertiary/aromatic N) is 1. The van der Waals surface area contributed by atoms with E-state index < -0.39 is 11.9 Å². The van der Waals surface area contributed by atoms with Crippen molar-refractivity contribution in [3.63, 3.8) is 0 Å². The van der Waals surface area contributed by atoms with E-state index in [1.807, 2.05) is 0 Å². The van der Waals surface area contributed by atoms with E-state index in [0.717, 1.165) is 18.7 Å². The maximum Gasteiger partial charge on any atom is 0.433 e. The van der Waals surface area contributed by atoms with Gasteiger partial charge in [0.1, 0.15) is 11.4 Å². The Bertz CT molecular complexity index is 417. The molecular formula is C11H13F3N2O2. The van der Waals surface area contributed by atoms with Gasteiger partial charge in [0.15, 0.2) is 0 Å². The lowest BCUT2D eigenvalue weighted by Gasteiger charge is -2.13. The quantitative estimate of drug-likeness (QED) is 0.906. The van der Waals surface area contributed by atoms with Crippen LogP contribution >= 0.6 is 0 Å². The highest BCUT2D eigenvalue weighted by molar-refractivity contribution is 5.51. The molecule has 2 N–H and O–H groups in total. The zero-order chi connectivity index (χ0) is 13.2. The fraction of sp³-hybridized carbons (Fsp3) is 0.545. The summed E-state index contributed by atoms with van der Waals surface area (Å²) in [5.74, 6) is 0.219. The molecule has 1 aliphatic heterocycles. The number of aromatic nitrogens is 1. The second kappa shape index (κ2) is 5.01. The normalized spacial score (nSPS) is 20.1. The number of hydrogen-bond acceptors (Lipinski definition) is 4. The molecule has 0 aliphatic carbocycles. The van der Waals surface area contributed by atoms with Crippen LogP contribution < -0.4 is 10.5 Å². The topological polar surface area (TPSA) is 57.4 Å². The molecule has 1 aromatic heterocycles. The summed E-state index contributed by atoms with van der Waals surface area (Å²) < 4.78 is 47.8. The predicted molar refractivity (Wildman–Crippen MR) is 58.1 cm³/mol. The van der Waals surface area contributed by atoms with Crippen LogP contribution in [0.1, 0.15) is 12.1 Å². The first-order chi connectivity index (χ1) is 8.47. The van der Waals surface area contributed by atoms with E-state index >= 15 is 0 Å². The monoisotopic (exact) mass is 262 g/mol. The fourth-order valence-corrected chi connectivity index (χ4v) is 1.65. The lowest BCUT2D eigenvalue weighted by Crippen LogP contribution is -2.14. The van der Waals surface area contributed by atoms with Gasteiger partial charge >= 0.3 is 6.18 Å². The van der Waals surface area contributed by atoms with E-state index in [0.29, 0.717) is 19.8 Å². The zero-order valence-electron chi connectivity index (χ0n) is 9.54. The second-order valence-corrected chi connectivity index (χ2v) is 4.15. The Morgan fingerprint density at radius 3 is 2.89 bits per heavy atom. The minimum absolute atomic E-state index is 0.0178. The van der Waals surface area contributed by atoms with Crippen molar-refractivity contribution in [1.82, 2.24) is 4.98 Å². The van der Waals surface area contributed by atoms with Gasteiger partial charge in [-0.1, -0.05) is 0 Å².